The molecular weight excluding hydrogens is 477 g/mol. The number of rotatable bonds is 7. The van der Waals surface area contributed by atoms with E-state index in [4.69, 9.17) is 23.2 Å². The lowest BCUT2D eigenvalue weighted by Gasteiger charge is -2.26. The predicted molar refractivity (Wildman–Crippen MR) is 123 cm³/mol. The summed E-state index contributed by atoms with van der Waals surface area (Å²) in [5.41, 5.74) is 0.269. The van der Waals surface area contributed by atoms with Crippen LogP contribution in [0.5, 0.6) is 0 Å². The molecule has 1 saturated heterocycles. The fourth-order valence-electron chi connectivity index (χ4n) is 3.46. The first kappa shape index (κ1) is 24.5. The Labute approximate surface area is 197 Å². The monoisotopic (exact) mass is 501 g/mol. The van der Waals surface area contributed by atoms with Crippen LogP contribution in [0.15, 0.2) is 23.2 Å². The molecule has 1 aromatic heterocycles. The molecule has 0 spiro atoms. The van der Waals surface area contributed by atoms with Crippen molar-refractivity contribution in [2.45, 2.75) is 37.5 Å². The second-order valence-electron chi connectivity index (χ2n) is 7.47. The number of halogens is 2. The van der Waals surface area contributed by atoms with Crippen molar-refractivity contribution in [3.63, 3.8) is 0 Å². The van der Waals surface area contributed by atoms with Crippen LogP contribution in [0.3, 0.4) is 0 Å². The van der Waals surface area contributed by atoms with Gasteiger partial charge in [-0.3, -0.25) is 14.3 Å². The fraction of sp³-hybridized carbons (Fsp3) is 0.450. The summed E-state index contributed by atoms with van der Waals surface area (Å²) in [6.07, 6.45) is 4.59. The molecule has 1 aliphatic heterocycles. The number of nitrogens with one attached hydrogen (secondary N) is 2. The lowest BCUT2D eigenvalue weighted by atomic mass is 10.2. The molecule has 12 heteroatoms. The van der Waals surface area contributed by atoms with Crippen LogP contribution in [0, 0.1) is 0 Å². The van der Waals surface area contributed by atoms with Gasteiger partial charge in [-0.1, -0.05) is 36.5 Å². The number of benzene rings is 1. The number of anilines is 1. The van der Waals surface area contributed by atoms with Crippen LogP contribution in [0.25, 0.3) is 0 Å². The van der Waals surface area contributed by atoms with Gasteiger partial charge in [0.05, 0.1) is 27.5 Å². The highest BCUT2D eigenvalue weighted by Gasteiger charge is 2.30. The molecule has 2 amide bonds. The number of amides is 2. The maximum absolute atomic E-state index is 13.1. The Morgan fingerprint density at radius 2 is 1.78 bits per heavy atom. The van der Waals surface area contributed by atoms with Crippen LogP contribution >= 0.6 is 23.2 Å². The largest absolute Gasteiger partial charge is 0.351 e. The summed E-state index contributed by atoms with van der Waals surface area (Å²) in [7, 11) is -2.31. The first-order valence-electron chi connectivity index (χ1n) is 10.3. The van der Waals surface area contributed by atoms with Gasteiger partial charge in [-0.05, 0) is 31.4 Å². The van der Waals surface area contributed by atoms with Gasteiger partial charge < -0.3 is 10.6 Å². The van der Waals surface area contributed by atoms with Crippen molar-refractivity contribution in [2.24, 2.45) is 7.05 Å². The summed E-state index contributed by atoms with van der Waals surface area (Å²) >= 11 is 12.4. The topological polar surface area (TPSA) is 113 Å². The highest BCUT2D eigenvalue weighted by molar-refractivity contribution is 7.89. The molecule has 0 bridgehead atoms. The lowest BCUT2D eigenvalue weighted by Crippen LogP contribution is -2.35. The Morgan fingerprint density at radius 3 is 2.44 bits per heavy atom. The Bertz CT molecular complexity index is 1130. The maximum Gasteiger partial charge on any atom is 0.271 e. The highest BCUT2D eigenvalue weighted by atomic mass is 35.5. The zero-order chi connectivity index (χ0) is 23.5. The van der Waals surface area contributed by atoms with Crippen LogP contribution in [-0.4, -0.2) is 54.0 Å². The van der Waals surface area contributed by atoms with Gasteiger partial charge in [-0.25, -0.2) is 8.42 Å². The number of carbonyl (C=O) groups is 2. The minimum Gasteiger partial charge on any atom is -0.351 e. The summed E-state index contributed by atoms with van der Waals surface area (Å²) in [6, 6.07) is 2.42. The third-order valence-corrected chi connectivity index (χ3v) is 7.81. The minimum atomic E-state index is -3.88. The number of hydrogen-bond donors (Lipinski definition) is 2. The van der Waals surface area contributed by atoms with E-state index in [1.807, 2.05) is 6.92 Å². The zero-order valence-electron chi connectivity index (χ0n) is 17.8. The molecule has 2 aromatic rings. The lowest BCUT2D eigenvalue weighted by molar-refractivity contribution is 0.0945. The van der Waals surface area contributed by atoms with Gasteiger partial charge in [0.1, 0.15) is 10.6 Å². The van der Waals surface area contributed by atoms with Crippen molar-refractivity contribution in [3.8, 4) is 0 Å². The molecule has 0 saturated carbocycles. The fourth-order valence-corrected chi connectivity index (χ4v) is 5.81. The molecule has 1 aromatic carbocycles. The smallest absolute Gasteiger partial charge is 0.271 e. The van der Waals surface area contributed by atoms with Crippen molar-refractivity contribution in [3.05, 3.63) is 39.6 Å². The maximum atomic E-state index is 13.1. The molecule has 2 N–H and O–H groups in total. The van der Waals surface area contributed by atoms with E-state index >= 15 is 0 Å². The quantitative estimate of drug-likeness (QED) is 0.603. The summed E-state index contributed by atoms with van der Waals surface area (Å²) in [5.74, 6) is -1.07. The summed E-state index contributed by atoms with van der Waals surface area (Å²) in [6.45, 7) is 3.19. The summed E-state index contributed by atoms with van der Waals surface area (Å²) < 4.78 is 28.9. The minimum absolute atomic E-state index is 0.00836. The number of piperidine rings is 1. The van der Waals surface area contributed by atoms with Crippen LogP contribution in [0.1, 0.15) is 53.5 Å². The van der Waals surface area contributed by atoms with E-state index in [2.05, 4.69) is 15.7 Å². The molecule has 0 aliphatic carbocycles. The molecule has 0 unspecified atom stereocenters. The summed E-state index contributed by atoms with van der Waals surface area (Å²) in [5, 5.41) is 9.30. The van der Waals surface area contributed by atoms with E-state index < -0.39 is 21.8 Å². The first-order chi connectivity index (χ1) is 15.2. The second kappa shape index (κ2) is 10.2. The van der Waals surface area contributed by atoms with E-state index in [0.29, 0.717) is 19.6 Å². The van der Waals surface area contributed by atoms with Crippen molar-refractivity contribution in [1.29, 1.82) is 0 Å². The average molecular weight is 502 g/mol. The van der Waals surface area contributed by atoms with Crippen molar-refractivity contribution < 1.29 is 18.0 Å². The number of aryl methyl sites for hydroxylation is 1. The molecule has 174 valence electrons. The second-order valence-corrected chi connectivity index (χ2v) is 10.2. The van der Waals surface area contributed by atoms with E-state index in [0.717, 1.165) is 25.7 Å². The molecule has 1 fully saturated rings. The molecule has 32 heavy (non-hydrogen) atoms. The molecule has 2 heterocycles. The zero-order valence-corrected chi connectivity index (χ0v) is 20.1. The number of carbonyl (C=O) groups excluding carboxylic acids is 2. The SMILES string of the molecule is CCCNC(=O)c1c(NC(=O)c2cc(S(=O)(=O)N3CCCCC3)c(Cl)cc2Cl)cnn1C. The molecule has 1 aliphatic rings. The van der Waals surface area contributed by atoms with Gasteiger partial charge in [0.15, 0.2) is 0 Å². The molecule has 0 radical (unpaired) electrons. The number of aromatic nitrogens is 2. The van der Waals surface area contributed by atoms with E-state index in [-0.39, 0.29) is 31.9 Å². The van der Waals surface area contributed by atoms with Crippen LogP contribution in [0.4, 0.5) is 5.69 Å². The average Bonchev–Trinajstić information content (AvgIpc) is 3.12. The third kappa shape index (κ3) is 5.09. The number of sulfonamides is 1. The van der Waals surface area contributed by atoms with E-state index in [1.54, 1.807) is 7.05 Å². The first-order valence-corrected chi connectivity index (χ1v) is 12.5. The van der Waals surface area contributed by atoms with Gasteiger partial charge in [0, 0.05) is 26.7 Å². The third-order valence-electron chi connectivity index (χ3n) is 5.14. The van der Waals surface area contributed by atoms with Gasteiger partial charge in [0.2, 0.25) is 10.0 Å². The standard InChI is InChI=1S/C20H25Cl2N5O4S/c1-3-7-23-20(29)18-16(12-24-26(18)2)25-19(28)13-10-17(15(22)11-14(13)21)32(30,31)27-8-5-4-6-9-27/h10-12H,3-9H2,1-2H3,(H,23,29)(H,25,28). The van der Waals surface area contributed by atoms with E-state index in [9.17, 15) is 18.0 Å². The molecule has 0 atom stereocenters. The van der Waals surface area contributed by atoms with Crippen molar-refractivity contribution in [1.82, 2.24) is 19.4 Å². The summed E-state index contributed by atoms with van der Waals surface area (Å²) in [4.78, 5) is 25.3. The van der Waals surface area contributed by atoms with Gasteiger partial charge >= 0.3 is 0 Å². The van der Waals surface area contributed by atoms with Crippen molar-refractivity contribution >= 4 is 50.7 Å². The van der Waals surface area contributed by atoms with E-state index in [1.165, 1.54) is 27.3 Å². The van der Waals surface area contributed by atoms with Crippen molar-refractivity contribution in [2.75, 3.05) is 25.0 Å². The van der Waals surface area contributed by atoms with Crippen LogP contribution < -0.4 is 10.6 Å². The van der Waals surface area contributed by atoms with Gasteiger partial charge in [-0.2, -0.15) is 9.40 Å². The predicted octanol–water partition coefficient (Wildman–Crippen LogP) is 3.29. The van der Waals surface area contributed by atoms with Gasteiger partial charge in [-0.15, -0.1) is 0 Å². The van der Waals surface area contributed by atoms with Crippen LogP contribution in [-0.2, 0) is 17.1 Å². The molecule has 3 rings (SSSR count). The number of hydrogen-bond acceptors (Lipinski definition) is 5. The van der Waals surface area contributed by atoms with Crippen LogP contribution in [0.2, 0.25) is 10.0 Å². The number of nitrogens with zero attached hydrogens (tertiary/aromatic N) is 3. The Morgan fingerprint density at radius 1 is 1.09 bits per heavy atom. The Kier molecular flexibility index (Phi) is 7.81. The Hall–Kier alpha value is -2.14. The molecule has 9 nitrogen and oxygen atoms in total. The normalized spacial score (nSPS) is 14.9. The van der Waals surface area contributed by atoms with Gasteiger partial charge in [0.25, 0.3) is 11.8 Å². The Balaban J connectivity index is 1.92. The molecular formula is C20H25Cl2N5O4S. The highest BCUT2D eigenvalue weighted by Crippen LogP contribution is 2.32.